The number of halogens is 1. The Bertz CT molecular complexity index is 476. The molecule has 5 heteroatoms. The van der Waals surface area contributed by atoms with Gasteiger partial charge < -0.3 is 14.9 Å². The van der Waals surface area contributed by atoms with E-state index in [-0.39, 0.29) is 9.89 Å². The lowest BCUT2D eigenvalue weighted by atomic mass is 10.1. The average molecular weight is 476 g/mol. The zero-order chi connectivity index (χ0) is 19.6. The van der Waals surface area contributed by atoms with Crippen LogP contribution in [0.25, 0.3) is 0 Å². The molecule has 0 rings (SSSR count). The molecular formula is C21H33IO4. The van der Waals surface area contributed by atoms with E-state index < -0.39 is 12.2 Å². The molecule has 4 nitrogen and oxygen atoms in total. The topological polar surface area (TPSA) is 66.8 Å². The van der Waals surface area contributed by atoms with E-state index in [1.54, 1.807) is 6.08 Å². The molecule has 0 aromatic rings. The maximum Gasteiger partial charge on any atom is 0.305 e. The number of hydrogen-bond acceptors (Lipinski definition) is 4. The summed E-state index contributed by atoms with van der Waals surface area (Å²) in [5.74, 6) is 5.82. The van der Waals surface area contributed by atoms with Crippen LogP contribution in [-0.2, 0) is 9.53 Å². The lowest BCUT2D eigenvalue weighted by molar-refractivity contribution is -0.140. The fraction of sp³-hybridized carbons (Fsp3) is 0.667. The Labute approximate surface area is 172 Å². The highest BCUT2D eigenvalue weighted by Crippen LogP contribution is 2.16. The molecule has 0 saturated heterocycles. The summed E-state index contributed by atoms with van der Waals surface area (Å²) in [5, 5.41) is 20.1. The first-order valence-corrected chi connectivity index (χ1v) is 10.6. The molecule has 2 N–H and O–H groups in total. The fourth-order valence-electron chi connectivity index (χ4n) is 2.17. The zero-order valence-electron chi connectivity index (χ0n) is 16.0. The lowest BCUT2D eigenvalue weighted by Gasteiger charge is -2.17. The van der Waals surface area contributed by atoms with E-state index in [1.165, 1.54) is 26.4 Å². The fourth-order valence-corrected chi connectivity index (χ4v) is 2.68. The smallest absolute Gasteiger partial charge is 0.305 e. The normalized spacial score (nSPS) is 14.8. The van der Waals surface area contributed by atoms with Crippen molar-refractivity contribution in [1.29, 1.82) is 0 Å². The van der Waals surface area contributed by atoms with Gasteiger partial charge in [-0.25, -0.2) is 0 Å². The van der Waals surface area contributed by atoms with E-state index in [0.717, 1.165) is 6.42 Å². The molecule has 26 heavy (non-hydrogen) atoms. The number of unbranched alkanes of at least 4 members (excludes halogenated alkanes) is 4. The second-order valence-electron chi connectivity index (χ2n) is 6.18. The predicted molar refractivity (Wildman–Crippen MR) is 115 cm³/mol. The summed E-state index contributed by atoms with van der Waals surface area (Å²) in [6.07, 6.45) is 13.6. The monoisotopic (exact) mass is 476 g/mol. The van der Waals surface area contributed by atoms with Gasteiger partial charge in [-0.3, -0.25) is 4.79 Å². The molecule has 0 amide bonds. The average Bonchev–Trinajstić information content (AvgIpc) is 2.63. The number of rotatable bonds is 13. The summed E-state index contributed by atoms with van der Waals surface area (Å²) in [7, 11) is 1.38. The summed E-state index contributed by atoms with van der Waals surface area (Å²) < 4.78 is 4.53. The summed E-state index contributed by atoms with van der Waals surface area (Å²) in [6.45, 7) is 2.18. The molecule has 0 radical (unpaired) electrons. The van der Waals surface area contributed by atoms with E-state index in [9.17, 15) is 15.0 Å². The Morgan fingerprint density at radius 3 is 2.65 bits per heavy atom. The third-order valence-electron chi connectivity index (χ3n) is 3.79. The molecule has 0 aliphatic heterocycles. The summed E-state index contributed by atoms with van der Waals surface area (Å²) in [5.41, 5.74) is 0. The highest BCUT2D eigenvalue weighted by Gasteiger charge is 2.17. The van der Waals surface area contributed by atoms with E-state index in [2.05, 4.69) is 52.2 Å². The van der Waals surface area contributed by atoms with Gasteiger partial charge in [0.15, 0.2) is 0 Å². The Morgan fingerprint density at radius 2 is 1.96 bits per heavy atom. The maximum atomic E-state index is 11.0. The van der Waals surface area contributed by atoms with Crippen molar-refractivity contribution in [3.05, 3.63) is 24.3 Å². The molecule has 0 heterocycles. The summed E-state index contributed by atoms with van der Waals surface area (Å²) in [6, 6.07) is 0. The highest BCUT2D eigenvalue weighted by molar-refractivity contribution is 14.1. The lowest BCUT2D eigenvalue weighted by Crippen LogP contribution is -2.24. The standard InChI is InChI=1S/C21H33IO4/c1-3-4-5-6-7-8-11-14-18(23)17-20(24)19(22)15-12-9-10-13-16-21(25)26-2/h7-8,11,14,18-20,23-24H,3-6,10,13,15-17H2,1-2H3/b8-7+,14-11+/t18-,19+,20-/m0/s1. The summed E-state index contributed by atoms with van der Waals surface area (Å²) in [4.78, 5) is 11.0. The van der Waals surface area contributed by atoms with Crippen molar-refractivity contribution in [3.8, 4) is 11.8 Å². The Kier molecular flexibility index (Phi) is 17.0. The van der Waals surface area contributed by atoms with Gasteiger partial charge in [-0.1, -0.05) is 66.7 Å². The van der Waals surface area contributed by atoms with Gasteiger partial charge in [0.2, 0.25) is 0 Å². The third kappa shape index (κ3) is 15.4. The van der Waals surface area contributed by atoms with Crippen molar-refractivity contribution in [2.24, 2.45) is 0 Å². The SMILES string of the molecule is CCCCC/C=C/C=C/[C@H](O)C[C@H](O)[C@H](I)CC#CCCCC(=O)OC. The number of allylic oxidation sites excluding steroid dienone is 3. The van der Waals surface area contributed by atoms with Crippen LogP contribution < -0.4 is 0 Å². The molecule has 0 aromatic carbocycles. The Balaban J connectivity index is 3.95. The molecule has 0 spiro atoms. The van der Waals surface area contributed by atoms with Gasteiger partial charge in [-0.15, -0.1) is 11.8 Å². The number of hydrogen-bond donors (Lipinski definition) is 2. The molecule has 0 bridgehead atoms. The first kappa shape index (κ1) is 25.2. The number of carbonyl (C=O) groups excluding carboxylic acids is 1. The largest absolute Gasteiger partial charge is 0.469 e. The van der Waals surface area contributed by atoms with Crippen LogP contribution in [0, 0.1) is 11.8 Å². The van der Waals surface area contributed by atoms with Crippen molar-refractivity contribution in [3.63, 3.8) is 0 Å². The quantitative estimate of drug-likeness (QED) is 0.104. The molecule has 0 aliphatic rings. The number of methoxy groups -OCH3 is 1. The second-order valence-corrected chi connectivity index (χ2v) is 7.78. The Hall–Kier alpha value is -0.840. The van der Waals surface area contributed by atoms with Gasteiger partial charge in [-0.2, -0.15) is 0 Å². The van der Waals surface area contributed by atoms with Gasteiger partial charge >= 0.3 is 5.97 Å². The number of aliphatic hydroxyl groups excluding tert-OH is 2. The van der Waals surface area contributed by atoms with Crippen molar-refractivity contribution in [1.82, 2.24) is 0 Å². The molecule has 0 saturated carbocycles. The van der Waals surface area contributed by atoms with Crippen LogP contribution in [0.15, 0.2) is 24.3 Å². The first-order valence-electron chi connectivity index (χ1n) is 9.37. The number of esters is 1. The van der Waals surface area contributed by atoms with Crippen LogP contribution in [0.3, 0.4) is 0 Å². The van der Waals surface area contributed by atoms with Crippen molar-refractivity contribution in [2.45, 2.75) is 80.8 Å². The van der Waals surface area contributed by atoms with E-state index in [4.69, 9.17) is 0 Å². The minimum atomic E-state index is -0.657. The van der Waals surface area contributed by atoms with E-state index in [0.29, 0.717) is 32.1 Å². The maximum absolute atomic E-state index is 11.0. The molecule has 148 valence electrons. The molecular weight excluding hydrogens is 443 g/mol. The van der Waals surface area contributed by atoms with Crippen molar-refractivity contribution >= 4 is 28.6 Å². The number of aliphatic hydroxyl groups is 2. The number of alkyl halides is 1. The number of carbonyl (C=O) groups is 1. The van der Waals surface area contributed by atoms with Crippen LogP contribution in [0.1, 0.15) is 64.7 Å². The van der Waals surface area contributed by atoms with Crippen LogP contribution in [0.5, 0.6) is 0 Å². The number of ether oxygens (including phenoxy) is 1. The van der Waals surface area contributed by atoms with Gasteiger partial charge in [0.25, 0.3) is 0 Å². The molecule has 3 atom stereocenters. The predicted octanol–water partition coefficient (Wildman–Crippen LogP) is 4.33. The molecule has 0 aliphatic carbocycles. The molecule has 0 fully saturated rings. The van der Waals surface area contributed by atoms with Gasteiger partial charge in [0.1, 0.15) is 0 Å². The molecule has 0 aromatic heterocycles. The second kappa shape index (κ2) is 17.6. The van der Waals surface area contributed by atoms with Crippen molar-refractivity contribution < 1.29 is 19.7 Å². The Morgan fingerprint density at radius 1 is 1.19 bits per heavy atom. The van der Waals surface area contributed by atoms with Crippen LogP contribution >= 0.6 is 22.6 Å². The van der Waals surface area contributed by atoms with E-state index in [1.807, 2.05) is 12.2 Å². The highest BCUT2D eigenvalue weighted by atomic mass is 127. The van der Waals surface area contributed by atoms with Crippen LogP contribution in [0.4, 0.5) is 0 Å². The van der Waals surface area contributed by atoms with Gasteiger partial charge in [0.05, 0.1) is 19.3 Å². The third-order valence-corrected chi connectivity index (χ3v) is 5.06. The van der Waals surface area contributed by atoms with Crippen molar-refractivity contribution in [2.75, 3.05) is 7.11 Å². The van der Waals surface area contributed by atoms with E-state index >= 15 is 0 Å². The van der Waals surface area contributed by atoms with Crippen LogP contribution in [0.2, 0.25) is 0 Å². The first-order chi connectivity index (χ1) is 12.5. The molecule has 0 unspecified atom stereocenters. The van der Waals surface area contributed by atoms with Gasteiger partial charge in [0, 0.05) is 29.6 Å². The summed E-state index contributed by atoms with van der Waals surface area (Å²) >= 11 is 2.17. The van der Waals surface area contributed by atoms with Crippen LogP contribution in [-0.4, -0.2) is 39.4 Å². The van der Waals surface area contributed by atoms with Gasteiger partial charge in [-0.05, 0) is 19.3 Å². The zero-order valence-corrected chi connectivity index (χ0v) is 18.2. The minimum absolute atomic E-state index is 0.0339. The minimum Gasteiger partial charge on any atom is -0.469 e.